The zero-order valence-corrected chi connectivity index (χ0v) is 7.60. The van der Waals surface area contributed by atoms with Crippen molar-refractivity contribution in [2.75, 3.05) is 37.1 Å². The molecule has 0 bridgehead atoms. The second kappa shape index (κ2) is 3.80. The van der Waals surface area contributed by atoms with Gasteiger partial charge in [0, 0.05) is 39.0 Å². The molecule has 0 aliphatic carbocycles. The predicted molar refractivity (Wildman–Crippen MR) is 52.9 cm³/mol. The standard InChI is InChI=1S/C8H14N4/c1-9-6-4-7(10-2)12-8(5-6)11-3/h4-5H,1-3H3,(H3,9,10,11,12). The van der Waals surface area contributed by atoms with E-state index in [9.17, 15) is 0 Å². The molecule has 1 heterocycles. The molecular formula is C8H14N4. The van der Waals surface area contributed by atoms with Crippen molar-refractivity contribution in [3.8, 4) is 0 Å². The molecule has 1 aromatic rings. The van der Waals surface area contributed by atoms with Crippen LogP contribution in [0.1, 0.15) is 0 Å². The summed E-state index contributed by atoms with van der Waals surface area (Å²) in [5.41, 5.74) is 1.04. The Balaban J connectivity index is 3.01. The Labute approximate surface area is 72.4 Å². The van der Waals surface area contributed by atoms with Crippen LogP contribution in [-0.4, -0.2) is 26.1 Å². The number of nitrogens with one attached hydrogen (secondary N) is 3. The molecule has 12 heavy (non-hydrogen) atoms. The van der Waals surface area contributed by atoms with E-state index in [-0.39, 0.29) is 0 Å². The van der Waals surface area contributed by atoms with Crippen molar-refractivity contribution in [1.82, 2.24) is 4.98 Å². The Morgan fingerprint density at radius 1 is 0.917 bits per heavy atom. The third-order valence-corrected chi connectivity index (χ3v) is 1.63. The lowest BCUT2D eigenvalue weighted by Crippen LogP contribution is -1.99. The topological polar surface area (TPSA) is 49.0 Å². The highest BCUT2D eigenvalue weighted by Crippen LogP contribution is 2.16. The van der Waals surface area contributed by atoms with Gasteiger partial charge in [-0.25, -0.2) is 4.98 Å². The van der Waals surface area contributed by atoms with Crippen LogP contribution in [0.3, 0.4) is 0 Å². The lowest BCUT2D eigenvalue weighted by molar-refractivity contribution is 1.26. The molecule has 3 N–H and O–H groups in total. The van der Waals surface area contributed by atoms with Crippen LogP contribution in [0.5, 0.6) is 0 Å². The number of hydrogen-bond donors (Lipinski definition) is 3. The van der Waals surface area contributed by atoms with Crippen LogP contribution >= 0.6 is 0 Å². The first-order valence-electron chi connectivity index (χ1n) is 3.85. The first-order valence-corrected chi connectivity index (χ1v) is 3.85. The Morgan fingerprint density at radius 2 is 1.42 bits per heavy atom. The quantitative estimate of drug-likeness (QED) is 0.631. The van der Waals surface area contributed by atoms with E-state index in [4.69, 9.17) is 0 Å². The van der Waals surface area contributed by atoms with E-state index >= 15 is 0 Å². The van der Waals surface area contributed by atoms with Crippen molar-refractivity contribution in [3.63, 3.8) is 0 Å². The third-order valence-electron chi connectivity index (χ3n) is 1.63. The maximum atomic E-state index is 4.26. The van der Waals surface area contributed by atoms with Gasteiger partial charge in [-0.2, -0.15) is 0 Å². The molecule has 0 amide bonds. The number of anilines is 3. The Morgan fingerprint density at radius 3 is 1.75 bits per heavy atom. The molecule has 4 heteroatoms. The monoisotopic (exact) mass is 166 g/mol. The molecule has 0 aromatic carbocycles. The summed E-state index contributed by atoms with van der Waals surface area (Å²) in [6, 6.07) is 3.89. The summed E-state index contributed by atoms with van der Waals surface area (Å²) in [6.07, 6.45) is 0. The fourth-order valence-corrected chi connectivity index (χ4v) is 0.931. The van der Waals surface area contributed by atoms with Gasteiger partial charge in [0.05, 0.1) is 0 Å². The molecule has 1 aromatic heterocycles. The summed E-state index contributed by atoms with van der Waals surface area (Å²) < 4.78 is 0. The summed E-state index contributed by atoms with van der Waals surface area (Å²) >= 11 is 0. The molecule has 0 spiro atoms. The molecule has 0 fully saturated rings. The van der Waals surface area contributed by atoms with Crippen molar-refractivity contribution in [2.24, 2.45) is 0 Å². The van der Waals surface area contributed by atoms with Crippen molar-refractivity contribution in [1.29, 1.82) is 0 Å². The average Bonchev–Trinajstić information content (AvgIpc) is 2.16. The number of aromatic nitrogens is 1. The number of rotatable bonds is 3. The van der Waals surface area contributed by atoms with Gasteiger partial charge < -0.3 is 16.0 Å². The first-order chi connectivity index (χ1) is 5.80. The van der Waals surface area contributed by atoms with Gasteiger partial charge in [-0.15, -0.1) is 0 Å². The van der Waals surface area contributed by atoms with Gasteiger partial charge in [0.1, 0.15) is 11.6 Å². The molecular weight excluding hydrogens is 152 g/mol. The fraction of sp³-hybridized carbons (Fsp3) is 0.375. The predicted octanol–water partition coefficient (Wildman–Crippen LogP) is 1.21. The molecule has 0 aliphatic rings. The summed E-state index contributed by atoms with van der Waals surface area (Å²) in [5, 5.41) is 9.03. The molecule has 0 saturated heterocycles. The molecule has 1 rings (SSSR count). The second-order valence-corrected chi connectivity index (χ2v) is 2.38. The zero-order chi connectivity index (χ0) is 8.97. The number of hydrogen-bond acceptors (Lipinski definition) is 4. The van der Waals surface area contributed by atoms with Gasteiger partial charge in [0.15, 0.2) is 0 Å². The fourth-order valence-electron chi connectivity index (χ4n) is 0.931. The van der Waals surface area contributed by atoms with Gasteiger partial charge in [-0.3, -0.25) is 0 Å². The number of pyridine rings is 1. The maximum Gasteiger partial charge on any atom is 0.130 e. The average molecular weight is 166 g/mol. The van der Waals surface area contributed by atoms with Gasteiger partial charge in [-0.05, 0) is 0 Å². The highest BCUT2D eigenvalue weighted by atomic mass is 15.0. The largest absolute Gasteiger partial charge is 0.388 e. The molecule has 0 aliphatic heterocycles. The van der Waals surface area contributed by atoms with Crippen LogP contribution in [0.4, 0.5) is 17.3 Å². The van der Waals surface area contributed by atoms with E-state index in [2.05, 4.69) is 20.9 Å². The smallest absolute Gasteiger partial charge is 0.130 e. The normalized spacial score (nSPS) is 9.25. The summed E-state index contributed by atoms with van der Waals surface area (Å²) in [4.78, 5) is 4.26. The van der Waals surface area contributed by atoms with Crippen LogP contribution < -0.4 is 16.0 Å². The Hall–Kier alpha value is -1.45. The van der Waals surface area contributed by atoms with E-state index < -0.39 is 0 Å². The van der Waals surface area contributed by atoms with E-state index in [0.717, 1.165) is 17.3 Å². The van der Waals surface area contributed by atoms with Crippen molar-refractivity contribution < 1.29 is 0 Å². The molecule has 0 unspecified atom stereocenters. The van der Waals surface area contributed by atoms with Crippen LogP contribution in [0.2, 0.25) is 0 Å². The van der Waals surface area contributed by atoms with Gasteiger partial charge in [0.2, 0.25) is 0 Å². The lowest BCUT2D eigenvalue weighted by Gasteiger charge is -2.07. The van der Waals surface area contributed by atoms with E-state index in [0.29, 0.717) is 0 Å². The van der Waals surface area contributed by atoms with E-state index in [1.807, 2.05) is 33.3 Å². The Bertz CT molecular complexity index is 204. The van der Waals surface area contributed by atoms with Gasteiger partial charge >= 0.3 is 0 Å². The van der Waals surface area contributed by atoms with Crippen molar-refractivity contribution in [2.45, 2.75) is 0 Å². The molecule has 0 saturated carbocycles. The van der Waals surface area contributed by atoms with Crippen LogP contribution in [0.15, 0.2) is 12.1 Å². The number of nitrogens with zero attached hydrogens (tertiary/aromatic N) is 1. The van der Waals surface area contributed by atoms with E-state index in [1.165, 1.54) is 0 Å². The van der Waals surface area contributed by atoms with Gasteiger partial charge in [-0.1, -0.05) is 0 Å². The highest BCUT2D eigenvalue weighted by molar-refractivity contribution is 5.59. The molecule has 4 nitrogen and oxygen atoms in total. The second-order valence-electron chi connectivity index (χ2n) is 2.38. The zero-order valence-electron chi connectivity index (χ0n) is 7.60. The third kappa shape index (κ3) is 1.78. The van der Waals surface area contributed by atoms with Crippen LogP contribution in [0, 0.1) is 0 Å². The Kier molecular flexibility index (Phi) is 2.74. The first kappa shape index (κ1) is 8.64. The summed E-state index contributed by atoms with van der Waals surface area (Å²) in [6.45, 7) is 0. The van der Waals surface area contributed by atoms with Crippen molar-refractivity contribution >= 4 is 17.3 Å². The van der Waals surface area contributed by atoms with Crippen LogP contribution in [0.25, 0.3) is 0 Å². The molecule has 0 atom stereocenters. The SMILES string of the molecule is CNc1cc(NC)nc(NC)c1. The van der Waals surface area contributed by atoms with E-state index in [1.54, 1.807) is 0 Å². The lowest BCUT2D eigenvalue weighted by atomic mass is 10.3. The highest BCUT2D eigenvalue weighted by Gasteiger charge is 1.97. The van der Waals surface area contributed by atoms with Crippen molar-refractivity contribution in [3.05, 3.63) is 12.1 Å². The van der Waals surface area contributed by atoms with Gasteiger partial charge in [0.25, 0.3) is 0 Å². The minimum atomic E-state index is 0.853. The molecule has 0 radical (unpaired) electrons. The van der Waals surface area contributed by atoms with Crippen LogP contribution in [-0.2, 0) is 0 Å². The summed E-state index contributed by atoms with van der Waals surface area (Å²) in [7, 11) is 5.58. The maximum absolute atomic E-state index is 4.26. The molecule has 66 valence electrons. The minimum absolute atomic E-state index is 0.853. The summed E-state index contributed by atoms with van der Waals surface area (Å²) in [5.74, 6) is 1.71. The minimum Gasteiger partial charge on any atom is -0.388 e.